The van der Waals surface area contributed by atoms with Crippen LogP contribution in [0.1, 0.15) is 0 Å². The summed E-state index contributed by atoms with van der Waals surface area (Å²) in [5, 5.41) is 0. The number of likely N-dealkylation sites (N-methyl/N-ethyl adjacent to an activating group) is 2. The molecule has 0 aliphatic carbocycles. The minimum atomic E-state index is -5.35. The van der Waals surface area contributed by atoms with E-state index in [-0.39, 0.29) is 5.69 Å². The molecule has 1 aromatic carbocycles. The van der Waals surface area contributed by atoms with Gasteiger partial charge in [0.15, 0.2) is 0 Å². The summed E-state index contributed by atoms with van der Waals surface area (Å²) in [5.74, 6) is 0. The van der Waals surface area contributed by atoms with Crippen LogP contribution in [0.15, 0.2) is 29.2 Å². The molecule has 0 aliphatic rings. The molecule has 4 nitrogen and oxygen atoms in total. The van der Waals surface area contributed by atoms with E-state index in [1.165, 1.54) is 23.1 Å². The molecule has 20 heavy (non-hydrogen) atoms. The summed E-state index contributed by atoms with van der Waals surface area (Å²) in [6, 6.07) is 5.14. The van der Waals surface area contributed by atoms with Gasteiger partial charge in [-0.3, -0.25) is 0 Å². The van der Waals surface area contributed by atoms with Crippen LogP contribution in [0.3, 0.4) is 0 Å². The normalized spacial score (nSPS) is 12.8. The summed E-state index contributed by atoms with van der Waals surface area (Å²) in [4.78, 5) is 2.64. The first kappa shape index (κ1) is 16.8. The lowest BCUT2D eigenvalue weighted by molar-refractivity contribution is -0.0435. The van der Waals surface area contributed by atoms with E-state index >= 15 is 0 Å². The zero-order valence-corrected chi connectivity index (χ0v) is 12.3. The Morgan fingerprint density at radius 3 is 2.10 bits per heavy atom. The van der Waals surface area contributed by atoms with Crippen molar-refractivity contribution in [1.29, 1.82) is 0 Å². The molecule has 0 saturated carbocycles. The summed E-state index contributed by atoms with van der Waals surface area (Å²) in [6.45, 7) is 1.01. The first-order valence-corrected chi connectivity index (χ1v) is 7.32. The fourth-order valence-electron chi connectivity index (χ4n) is 1.59. The zero-order valence-electron chi connectivity index (χ0n) is 11.5. The molecule has 0 atom stereocenters. The van der Waals surface area contributed by atoms with Crippen molar-refractivity contribution < 1.29 is 21.6 Å². The van der Waals surface area contributed by atoms with E-state index < -0.39 is 20.2 Å². The Morgan fingerprint density at radius 2 is 1.60 bits per heavy atom. The van der Waals surface area contributed by atoms with Gasteiger partial charge >= 0.3 is 5.51 Å². The molecule has 0 heterocycles. The van der Waals surface area contributed by atoms with Crippen LogP contribution >= 0.6 is 0 Å². The van der Waals surface area contributed by atoms with Gasteiger partial charge in [-0.15, -0.1) is 0 Å². The fraction of sp³-hybridized carbons (Fsp3) is 0.500. The molecule has 0 N–H and O–H groups in total. The van der Waals surface area contributed by atoms with E-state index in [4.69, 9.17) is 0 Å². The summed E-state index contributed by atoms with van der Waals surface area (Å²) >= 11 is 0. The molecule has 0 radical (unpaired) electrons. The second-order valence-corrected chi connectivity index (χ2v) is 6.55. The molecular weight excluding hydrogens is 293 g/mol. The highest BCUT2D eigenvalue weighted by molar-refractivity contribution is 7.92. The number of rotatable bonds is 5. The molecule has 0 amide bonds. The number of alkyl halides is 3. The summed E-state index contributed by atoms with van der Waals surface area (Å²) < 4.78 is 61.1. The highest BCUT2D eigenvalue weighted by atomic mass is 32.2. The Hall–Kier alpha value is -1.28. The third-order valence-electron chi connectivity index (χ3n) is 2.75. The van der Waals surface area contributed by atoms with E-state index in [9.17, 15) is 21.6 Å². The lowest BCUT2D eigenvalue weighted by atomic mass is 10.3. The summed E-state index contributed by atoms with van der Waals surface area (Å²) in [6.07, 6.45) is 0. The number of nitrogens with zero attached hydrogens (tertiary/aromatic N) is 2. The lowest BCUT2D eigenvalue weighted by Gasteiger charge is -2.24. The number of hydrogen-bond donors (Lipinski definition) is 0. The predicted octanol–water partition coefficient (Wildman–Crippen LogP) is 1.98. The number of hydrogen-bond acceptors (Lipinski definition) is 4. The Bertz CT molecular complexity index is 556. The van der Waals surface area contributed by atoms with E-state index in [2.05, 4.69) is 0 Å². The van der Waals surface area contributed by atoms with Gasteiger partial charge in [0.2, 0.25) is 0 Å². The van der Waals surface area contributed by atoms with Crippen molar-refractivity contribution in [3.05, 3.63) is 24.3 Å². The Labute approximate surface area is 116 Å². The average molecular weight is 310 g/mol. The summed E-state index contributed by atoms with van der Waals surface area (Å²) in [7, 11) is -0.131. The first-order valence-electron chi connectivity index (χ1n) is 5.83. The zero-order chi connectivity index (χ0) is 15.6. The maximum Gasteiger partial charge on any atom is 0.501 e. The van der Waals surface area contributed by atoms with Gasteiger partial charge in [0.1, 0.15) is 0 Å². The van der Waals surface area contributed by atoms with Crippen molar-refractivity contribution in [1.82, 2.24) is 4.90 Å². The van der Waals surface area contributed by atoms with Crippen LogP contribution in [0.5, 0.6) is 0 Å². The number of para-hydroxylation sites is 1. The van der Waals surface area contributed by atoms with Crippen molar-refractivity contribution in [2.75, 3.05) is 39.1 Å². The molecule has 0 aliphatic heterocycles. The molecule has 0 fully saturated rings. The van der Waals surface area contributed by atoms with Gasteiger partial charge in [-0.25, -0.2) is 8.42 Å². The molecule has 0 saturated heterocycles. The number of sulfone groups is 1. The quantitative estimate of drug-likeness (QED) is 0.834. The molecule has 0 bridgehead atoms. The van der Waals surface area contributed by atoms with E-state index in [0.29, 0.717) is 13.1 Å². The van der Waals surface area contributed by atoms with Crippen LogP contribution in [0.4, 0.5) is 18.9 Å². The van der Waals surface area contributed by atoms with E-state index in [0.717, 1.165) is 6.07 Å². The van der Waals surface area contributed by atoms with Gasteiger partial charge in [-0.05, 0) is 26.2 Å². The Morgan fingerprint density at radius 1 is 1.05 bits per heavy atom. The average Bonchev–Trinajstić information content (AvgIpc) is 2.34. The van der Waals surface area contributed by atoms with Crippen LogP contribution in [-0.4, -0.2) is 53.1 Å². The number of benzene rings is 1. The first-order chi connectivity index (χ1) is 9.07. The largest absolute Gasteiger partial charge is 0.501 e. The molecule has 0 aromatic heterocycles. The number of anilines is 1. The minimum absolute atomic E-state index is 0.0478. The van der Waals surface area contributed by atoms with Crippen molar-refractivity contribution in [2.24, 2.45) is 0 Å². The number of halogens is 3. The van der Waals surface area contributed by atoms with Gasteiger partial charge in [-0.1, -0.05) is 12.1 Å². The molecule has 0 unspecified atom stereocenters. The maximum atomic E-state index is 12.7. The maximum absolute atomic E-state index is 12.7. The monoisotopic (exact) mass is 310 g/mol. The van der Waals surface area contributed by atoms with Gasteiger partial charge < -0.3 is 9.80 Å². The molecule has 1 aromatic rings. The summed E-state index contributed by atoms with van der Waals surface area (Å²) in [5.41, 5.74) is -5.25. The van der Waals surface area contributed by atoms with Crippen LogP contribution in [0, 0.1) is 0 Å². The molecule has 8 heteroatoms. The van der Waals surface area contributed by atoms with E-state index in [1.807, 2.05) is 19.0 Å². The fourth-order valence-corrected chi connectivity index (χ4v) is 2.60. The van der Waals surface area contributed by atoms with Crippen molar-refractivity contribution in [3.63, 3.8) is 0 Å². The van der Waals surface area contributed by atoms with Gasteiger partial charge in [0.25, 0.3) is 9.84 Å². The molecule has 114 valence electrons. The van der Waals surface area contributed by atoms with Crippen molar-refractivity contribution in [3.8, 4) is 0 Å². The van der Waals surface area contributed by atoms with Crippen LogP contribution in [0.2, 0.25) is 0 Å². The van der Waals surface area contributed by atoms with Gasteiger partial charge in [0.05, 0.1) is 10.6 Å². The van der Waals surface area contributed by atoms with Crippen molar-refractivity contribution in [2.45, 2.75) is 10.4 Å². The lowest BCUT2D eigenvalue weighted by Crippen LogP contribution is -2.31. The second kappa shape index (κ2) is 6.01. The SMILES string of the molecule is CN(C)CCN(C)c1ccccc1S(=O)(=O)C(F)(F)F. The van der Waals surface area contributed by atoms with Crippen LogP contribution in [-0.2, 0) is 9.84 Å². The highest BCUT2D eigenvalue weighted by Crippen LogP contribution is 2.35. The molecular formula is C12H17F3N2O2S. The predicted molar refractivity (Wildman–Crippen MR) is 71.5 cm³/mol. The van der Waals surface area contributed by atoms with Crippen LogP contribution < -0.4 is 4.90 Å². The van der Waals surface area contributed by atoms with Gasteiger partial charge in [-0.2, -0.15) is 13.2 Å². The van der Waals surface area contributed by atoms with E-state index in [1.54, 1.807) is 7.05 Å². The Balaban J connectivity index is 3.18. The van der Waals surface area contributed by atoms with Crippen molar-refractivity contribution >= 4 is 15.5 Å². The third-order valence-corrected chi connectivity index (χ3v) is 4.29. The standard InChI is InChI=1S/C12H17F3N2O2S/c1-16(2)8-9-17(3)10-6-4-5-7-11(10)20(18,19)12(13,14)15/h4-7H,8-9H2,1-3H3. The Kier molecular flexibility index (Phi) is 5.04. The smallest absolute Gasteiger partial charge is 0.372 e. The molecule has 1 rings (SSSR count). The topological polar surface area (TPSA) is 40.6 Å². The third kappa shape index (κ3) is 3.63. The van der Waals surface area contributed by atoms with Crippen LogP contribution in [0.25, 0.3) is 0 Å². The second-order valence-electron chi connectivity index (χ2n) is 4.64. The van der Waals surface area contributed by atoms with Gasteiger partial charge in [0, 0.05) is 20.1 Å². The molecule has 0 spiro atoms. The highest BCUT2D eigenvalue weighted by Gasteiger charge is 2.48. The minimum Gasteiger partial charge on any atom is -0.372 e.